The second-order valence-corrected chi connectivity index (χ2v) is 4.12. The van der Waals surface area contributed by atoms with Crippen LogP contribution >= 0.6 is 0 Å². The second kappa shape index (κ2) is 7.17. The topological polar surface area (TPSA) is 30.5 Å². The lowest BCUT2D eigenvalue weighted by Crippen LogP contribution is -2.15. The van der Waals surface area contributed by atoms with Gasteiger partial charge in [-0.05, 0) is 33.4 Å². The molecule has 0 fully saturated rings. The number of nitrogens with one attached hydrogen (secondary N) is 1. The zero-order valence-electron chi connectivity index (χ0n) is 11.2. The van der Waals surface area contributed by atoms with Gasteiger partial charge in [0.1, 0.15) is 0 Å². The third-order valence-electron chi connectivity index (χ3n) is 2.28. The van der Waals surface area contributed by atoms with Crippen molar-refractivity contribution in [3.63, 3.8) is 0 Å². The first-order chi connectivity index (χ1) is 8.19. The summed E-state index contributed by atoms with van der Waals surface area (Å²) >= 11 is 0. The summed E-state index contributed by atoms with van der Waals surface area (Å²) < 4.78 is 11.5. The van der Waals surface area contributed by atoms with E-state index in [1.165, 1.54) is 0 Å². The van der Waals surface area contributed by atoms with Gasteiger partial charge < -0.3 is 14.8 Å². The van der Waals surface area contributed by atoms with Crippen LogP contribution in [0.2, 0.25) is 0 Å². The Kier molecular flexibility index (Phi) is 5.84. The van der Waals surface area contributed by atoms with Crippen molar-refractivity contribution in [3.05, 3.63) is 23.8 Å². The molecule has 0 atom stereocenters. The van der Waals surface area contributed by atoms with Crippen molar-refractivity contribution < 1.29 is 9.47 Å². The maximum Gasteiger partial charge on any atom is 0.166 e. The summed E-state index contributed by atoms with van der Waals surface area (Å²) in [5.74, 6) is 1.70. The summed E-state index contributed by atoms with van der Waals surface area (Å²) in [5.41, 5.74) is 1.14. The minimum absolute atomic E-state index is 0.150. The summed E-state index contributed by atoms with van der Waals surface area (Å²) in [5, 5.41) is 3.31. The van der Waals surface area contributed by atoms with E-state index >= 15 is 0 Å². The molecule has 0 bridgehead atoms. The molecule has 0 unspecified atom stereocenters. The lowest BCUT2D eigenvalue weighted by atomic mass is 10.1. The van der Waals surface area contributed by atoms with Crippen molar-refractivity contribution in [1.29, 1.82) is 0 Å². The van der Waals surface area contributed by atoms with Crippen LogP contribution in [-0.4, -0.2) is 19.3 Å². The van der Waals surface area contributed by atoms with Crippen LogP contribution in [0.1, 0.15) is 33.3 Å². The highest BCUT2D eigenvalue weighted by Crippen LogP contribution is 2.32. The zero-order valence-corrected chi connectivity index (χ0v) is 11.2. The molecule has 0 spiro atoms. The number of rotatable bonds is 7. The first kappa shape index (κ1) is 13.8. The molecular formula is C14H23NO2. The maximum atomic E-state index is 5.86. The molecule has 1 N–H and O–H groups in total. The molecule has 17 heavy (non-hydrogen) atoms. The summed E-state index contributed by atoms with van der Waals surface area (Å²) in [6, 6.07) is 6.03. The molecule has 0 radical (unpaired) electrons. The van der Waals surface area contributed by atoms with Crippen LogP contribution in [0.5, 0.6) is 11.5 Å². The van der Waals surface area contributed by atoms with Crippen LogP contribution in [0.3, 0.4) is 0 Å². The second-order valence-electron chi connectivity index (χ2n) is 4.12. The number of benzene rings is 1. The van der Waals surface area contributed by atoms with E-state index in [-0.39, 0.29) is 6.10 Å². The third kappa shape index (κ3) is 4.27. The lowest BCUT2D eigenvalue weighted by Gasteiger charge is -2.18. The fourth-order valence-corrected chi connectivity index (χ4v) is 1.60. The zero-order chi connectivity index (χ0) is 12.7. The Bertz CT molecular complexity index is 337. The van der Waals surface area contributed by atoms with Gasteiger partial charge in [0.2, 0.25) is 0 Å². The first-order valence-corrected chi connectivity index (χ1v) is 6.31. The van der Waals surface area contributed by atoms with Gasteiger partial charge in [0, 0.05) is 12.1 Å². The molecule has 0 aliphatic carbocycles. The summed E-state index contributed by atoms with van der Waals surface area (Å²) in [6.07, 6.45) is 0.150. The van der Waals surface area contributed by atoms with Crippen molar-refractivity contribution >= 4 is 0 Å². The highest BCUT2D eigenvalue weighted by atomic mass is 16.5. The van der Waals surface area contributed by atoms with Crippen molar-refractivity contribution in [1.82, 2.24) is 5.32 Å². The summed E-state index contributed by atoms with van der Waals surface area (Å²) in [7, 11) is 0. The molecule has 1 aromatic carbocycles. The van der Waals surface area contributed by atoms with Gasteiger partial charge in [-0.25, -0.2) is 0 Å². The summed E-state index contributed by atoms with van der Waals surface area (Å²) in [6.45, 7) is 10.5. The SMILES string of the molecule is CCNCc1cccc(OCC)c1OC(C)C. The van der Waals surface area contributed by atoms with Gasteiger partial charge in [-0.3, -0.25) is 0 Å². The standard InChI is InChI=1S/C14H23NO2/c1-5-15-10-12-8-7-9-13(16-6-2)14(12)17-11(3)4/h7-9,11,15H,5-6,10H2,1-4H3. The quantitative estimate of drug-likeness (QED) is 0.791. The average molecular weight is 237 g/mol. The molecule has 0 saturated heterocycles. The van der Waals surface area contributed by atoms with Crippen LogP contribution in [0, 0.1) is 0 Å². The van der Waals surface area contributed by atoms with Crippen molar-refractivity contribution in [2.24, 2.45) is 0 Å². The van der Waals surface area contributed by atoms with Crippen molar-refractivity contribution in [2.75, 3.05) is 13.2 Å². The number of ether oxygens (including phenoxy) is 2. The molecular weight excluding hydrogens is 214 g/mol. The molecule has 0 saturated carbocycles. The lowest BCUT2D eigenvalue weighted by molar-refractivity contribution is 0.221. The predicted octanol–water partition coefficient (Wildman–Crippen LogP) is 2.98. The van der Waals surface area contributed by atoms with Crippen LogP contribution in [0.15, 0.2) is 18.2 Å². The number of para-hydroxylation sites is 1. The smallest absolute Gasteiger partial charge is 0.166 e. The molecule has 0 aliphatic rings. The highest BCUT2D eigenvalue weighted by molar-refractivity contribution is 5.46. The van der Waals surface area contributed by atoms with E-state index in [2.05, 4.69) is 18.3 Å². The molecule has 3 nitrogen and oxygen atoms in total. The van der Waals surface area contributed by atoms with Gasteiger partial charge in [-0.2, -0.15) is 0 Å². The normalized spacial score (nSPS) is 10.6. The first-order valence-electron chi connectivity index (χ1n) is 6.31. The van der Waals surface area contributed by atoms with Gasteiger partial charge >= 0.3 is 0 Å². The van der Waals surface area contributed by atoms with E-state index in [9.17, 15) is 0 Å². The molecule has 0 aliphatic heterocycles. The van der Waals surface area contributed by atoms with Gasteiger partial charge in [0.05, 0.1) is 12.7 Å². The van der Waals surface area contributed by atoms with Crippen molar-refractivity contribution in [2.45, 2.75) is 40.3 Å². The van der Waals surface area contributed by atoms with Crippen LogP contribution in [0.4, 0.5) is 0 Å². The molecule has 3 heteroatoms. The van der Waals surface area contributed by atoms with Gasteiger partial charge in [0.15, 0.2) is 11.5 Å². The highest BCUT2D eigenvalue weighted by Gasteiger charge is 2.11. The van der Waals surface area contributed by atoms with E-state index in [0.717, 1.165) is 30.2 Å². The Morgan fingerprint density at radius 2 is 2.00 bits per heavy atom. The monoisotopic (exact) mass is 237 g/mol. The van der Waals surface area contributed by atoms with Crippen LogP contribution in [-0.2, 0) is 6.54 Å². The number of hydrogen-bond acceptors (Lipinski definition) is 3. The molecule has 0 heterocycles. The fourth-order valence-electron chi connectivity index (χ4n) is 1.60. The average Bonchev–Trinajstić information content (AvgIpc) is 2.29. The maximum absolute atomic E-state index is 5.86. The third-order valence-corrected chi connectivity index (χ3v) is 2.28. The van der Waals surface area contributed by atoms with Crippen LogP contribution in [0.25, 0.3) is 0 Å². The molecule has 1 aromatic rings. The largest absolute Gasteiger partial charge is 0.490 e. The Morgan fingerprint density at radius 1 is 1.24 bits per heavy atom. The summed E-state index contributed by atoms with van der Waals surface area (Å²) in [4.78, 5) is 0. The van der Waals surface area contributed by atoms with Gasteiger partial charge in [-0.1, -0.05) is 19.1 Å². The molecule has 96 valence electrons. The molecule has 0 amide bonds. The van der Waals surface area contributed by atoms with E-state index < -0.39 is 0 Å². The number of hydrogen-bond donors (Lipinski definition) is 1. The van der Waals surface area contributed by atoms with E-state index in [1.54, 1.807) is 0 Å². The van der Waals surface area contributed by atoms with Gasteiger partial charge in [0.25, 0.3) is 0 Å². The fraction of sp³-hybridized carbons (Fsp3) is 0.571. The van der Waals surface area contributed by atoms with E-state index in [4.69, 9.17) is 9.47 Å². The Labute approximate surface area is 104 Å². The van der Waals surface area contributed by atoms with E-state index in [1.807, 2.05) is 32.9 Å². The molecule has 1 rings (SSSR count). The predicted molar refractivity (Wildman–Crippen MR) is 70.8 cm³/mol. The Balaban J connectivity index is 2.96. The minimum atomic E-state index is 0.150. The van der Waals surface area contributed by atoms with Crippen LogP contribution < -0.4 is 14.8 Å². The minimum Gasteiger partial charge on any atom is -0.490 e. The Hall–Kier alpha value is -1.22. The molecule has 0 aromatic heterocycles. The van der Waals surface area contributed by atoms with Crippen molar-refractivity contribution in [3.8, 4) is 11.5 Å². The Morgan fingerprint density at radius 3 is 2.59 bits per heavy atom. The van der Waals surface area contributed by atoms with E-state index in [0.29, 0.717) is 6.61 Å². The van der Waals surface area contributed by atoms with Gasteiger partial charge in [-0.15, -0.1) is 0 Å².